The number of benzene rings is 4. The van der Waals surface area contributed by atoms with E-state index in [1.165, 1.54) is 0 Å². The van der Waals surface area contributed by atoms with Crippen LogP contribution in [0.3, 0.4) is 0 Å². The van der Waals surface area contributed by atoms with Gasteiger partial charge in [0.15, 0.2) is 5.60 Å². The molecule has 4 aromatic carbocycles. The number of likely N-dealkylation sites (N-methyl/N-ethyl adjacent to an activating group) is 1. The number of hydrogen-bond donors (Lipinski definition) is 5. The van der Waals surface area contributed by atoms with Crippen molar-refractivity contribution in [3.63, 3.8) is 0 Å². The van der Waals surface area contributed by atoms with E-state index in [2.05, 4.69) is 29.0 Å². The van der Waals surface area contributed by atoms with Gasteiger partial charge in [0.2, 0.25) is 11.8 Å². The van der Waals surface area contributed by atoms with Gasteiger partial charge in [-0.25, -0.2) is 4.79 Å². The molecular formula is C56H63N7O7. The third kappa shape index (κ3) is 9.51. The number of amides is 4. The zero-order valence-corrected chi connectivity index (χ0v) is 40.3. The smallest absolute Gasteiger partial charge is 0.340 e. The summed E-state index contributed by atoms with van der Waals surface area (Å²) in [4.78, 5) is 69.3. The molecule has 70 heavy (non-hydrogen) atoms. The van der Waals surface area contributed by atoms with Gasteiger partial charge in [-0.1, -0.05) is 50.8 Å². The quantitative estimate of drug-likeness (QED) is 0.0343. The highest BCUT2D eigenvalue weighted by Gasteiger charge is 2.54. The monoisotopic (exact) mass is 945 g/mol. The van der Waals surface area contributed by atoms with Crippen LogP contribution in [0.15, 0.2) is 91.0 Å². The molecule has 1 atom stereocenters. The first kappa shape index (κ1) is 47.7. The molecule has 0 bridgehead atoms. The van der Waals surface area contributed by atoms with Crippen molar-refractivity contribution in [2.24, 2.45) is 5.92 Å². The molecule has 4 amide bonds. The molecule has 0 radical (unpaired) electrons. The van der Waals surface area contributed by atoms with E-state index < -0.39 is 11.6 Å². The minimum absolute atomic E-state index is 0.0450. The molecule has 3 heterocycles. The van der Waals surface area contributed by atoms with Gasteiger partial charge in [0.25, 0.3) is 11.8 Å². The fourth-order valence-electron chi connectivity index (χ4n) is 10.6. The van der Waals surface area contributed by atoms with Gasteiger partial charge < -0.3 is 46.4 Å². The maximum Gasteiger partial charge on any atom is 0.340 e. The third-order valence-corrected chi connectivity index (χ3v) is 14.4. The molecule has 1 saturated carbocycles. The molecular weight excluding hydrogens is 883 g/mol. The number of carbonyl (C=O) groups is 5. The lowest BCUT2D eigenvalue weighted by molar-refractivity contribution is -0.126. The number of carbonyl (C=O) groups excluding carboxylic acids is 5. The molecule has 1 aromatic heterocycles. The first-order chi connectivity index (χ1) is 33.8. The average molecular weight is 946 g/mol. The van der Waals surface area contributed by atoms with Gasteiger partial charge in [-0.2, -0.15) is 0 Å². The van der Waals surface area contributed by atoms with Gasteiger partial charge >= 0.3 is 5.97 Å². The molecule has 2 aliphatic carbocycles. The Morgan fingerprint density at radius 1 is 0.771 bits per heavy atom. The second-order valence-electron chi connectivity index (χ2n) is 19.2. The summed E-state index contributed by atoms with van der Waals surface area (Å²) in [6.07, 6.45) is 12.7. The third-order valence-electron chi connectivity index (χ3n) is 14.4. The lowest BCUT2D eigenvalue weighted by atomic mass is 9.77. The molecule has 1 fully saturated rings. The fraction of sp³-hybridized carbons (Fsp3) is 0.375. The van der Waals surface area contributed by atoms with Crippen molar-refractivity contribution in [3.05, 3.63) is 141 Å². The predicted octanol–water partition coefficient (Wildman–Crippen LogP) is 8.89. The van der Waals surface area contributed by atoms with E-state index in [0.717, 1.165) is 61.0 Å². The van der Waals surface area contributed by atoms with Gasteiger partial charge in [0.1, 0.15) is 23.7 Å². The number of aromatic nitrogens is 1. The molecule has 7 N–H and O–H groups in total. The minimum atomic E-state index is -1.34. The Hall–Kier alpha value is -7.35. The van der Waals surface area contributed by atoms with Crippen LogP contribution in [0.1, 0.15) is 149 Å². The number of allylic oxidation sites excluding steroid dienone is 1. The van der Waals surface area contributed by atoms with Crippen LogP contribution in [-0.4, -0.2) is 59.8 Å². The van der Waals surface area contributed by atoms with E-state index in [9.17, 15) is 24.0 Å². The number of hydrogen-bond acceptors (Lipinski definition) is 9. The number of esters is 1. The van der Waals surface area contributed by atoms with E-state index >= 15 is 0 Å². The summed E-state index contributed by atoms with van der Waals surface area (Å²) in [7, 11) is 0. The number of nitrogens with zero attached hydrogens (tertiary/aromatic N) is 2. The van der Waals surface area contributed by atoms with Crippen molar-refractivity contribution in [2.45, 2.75) is 109 Å². The number of aryl methyl sites for hydroxylation is 1. The highest BCUT2D eigenvalue weighted by atomic mass is 16.6. The Kier molecular flexibility index (Phi) is 13.8. The maximum atomic E-state index is 13.8. The topological polar surface area (TPSA) is 200 Å². The van der Waals surface area contributed by atoms with Crippen molar-refractivity contribution in [1.29, 1.82) is 0 Å². The number of rotatable bonds is 17. The minimum Gasteiger partial charge on any atom is -0.456 e. The second-order valence-corrected chi connectivity index (χ2v) is 19.2. The first-order valence-corrected chi connectivity index (χ1v) is 24.9. The molecule has 5 aromatic rings. The summed E-state index contributed by atoms with van der Waals surface area (Å²) in [5.41, 5.74) is 18.8. The zero-order valence-electron chi connectivity index (χ0n) is 40.3. The van der Waals surface area contributed by atoms with Gasteiger partial charge in [-0.15, -0.1) is 0 Å². The van der Waals surface area contributed by atoms with Crippen molar-refractivity contribution in [1.82, 2.24) is 20.5 Å². The number of unbranched alkanes of at least 4 members (excludes halogenated alkanes) is 5. The Bertz CT molecular complexity index is 2820. The molecule has 1 spiro atoms. The molecule has 9 rings (SSSR count). The summed E-state index contributed by atoms with van der Waals surface area (Å²) in [5.74, 6) is 0.0481. The van der Waals surface area contributed by atoms with E-state index in [4.69, 9.17) is 20.9 Å². The van der Waals surface area contributed by atoms with Crippen LogP contribution in [0.2, 0.25) is 0 Å². The Labute approximate surface area is 409 Å². The number of ether oxygens (including phenoxy) is 2. The normalized spacial score (nSPS) is 17.9. The van der Waals surface area contributed by atoms with Crippen molar-refractivity contribution < 1.29 is 33.4 Å². The maximum absolute atomic E-state index is 13.8. The van der Waals surface area contributed by atoms with E-state index in [1.54, 1.807) is 59.5 Å². The number of anilines is 3. The molecule has 1 unspecified atom stereocenters. The fourth-order valence-corrected chi connectivity index (χ4v) is 10.6. The molecule has 364 valence electrons. The van der Waals surface area contributed by atoms with Gasteiger partial charge in [0.05, 0.1) is 5.56 Å². The molecule has 14 nitrogen and oxygen atoms in total. The summed E-state index contributed by atoms with van der Waals surface area (Å²) < 4.78 is 14.3. The number of nitrogen functional groups attached to an aromatic ring is 2. The van der Waals surface area contributed by atoms with Crippen LogP contribution < -0.4 is 37.1 Å². The summed E-state index contributed by atoms with van der Waals surface area (Å²) in [6, 6.07) is 25.2. The molecule has 14 heteroatoms. The molecule has 4 aliphatic rings. The zero-order chi connectivity index (χ0) is 49.1. The van der Waals surface area contributed by atoms with E-state index in [1.807, 2.05) is 54.8 Å². The predicted molar refractivity (Wildman–Crippen MR) is 271 cm³/mol. The Balaban J connectivity index is 0.681. The van der Waals surface area contributed by atoms with Crippen molar-refractivity contribution in [3.8, 4) is 11.5 Å². The van der Waals surface area contributed by atoms with Crippen molar-refractivity contribution in [2.75, 3.05) is 36.0 Å². The van der Waals surface area contributed by atoms with Crippen LogP contribution in [0.4, 0.5) is 17.1 Å². The van der Waals surface area contributed by atoms with Gasteiger partial charge in [-0.3, -0.25) is 19.2 Å². The van der Waals surface area contributed by atoms with Crippen LogP contribution in [0.5, 0.6) is 11.5 Å². The SMILES string of the molecule is CCN(C(=O)Cn1c(C(=O)N[C@H]2CC[C@H](C(=O)NCCCCCCCCNC(=O)c3ccc4c(c3)C3(OC4=O)c4ccc(N)cc4Oc4cc(N)ccc43)CC2)cc2c1C=CC2C)c1cccc(C)c1. The van der Waals surface area contributed by atoms with Gasteiger partial charge in [0, 0.05) is 94.7 Å². The summed E-state index contributed by atoms with van der Waals surface area (Å²) in [5, 5.41) is 9.42. The lowest BCUT2D eigenvalue weighted by Crippen LogP contribution is -2.42. The standard InChI is InChI=1S/C56H63N7O7/c1-4-62(41-13-11-12-34(2)28-41)51(64)33-63-47-25-14-35(3)43(47)32-48(63)54(67)61-40-20-15-36(16-21-40)52(65)59-26-9-7-5-6-8-10-27-60-53(66)37-17-22-42-46(29-37)56(70-55(42)68)44-23-18-38(57)30-49(44)69-50-31-39(58)19-24-45(50)56/h11-14,17-19,22-25,28-32,35-36,40H,4-10,15-16,20-21,26-27,33,57-58H2,1-3H3,(H,59,65)(H,60,66)(H,61,67)/t35?,36-,40-. The lowest BCUT2D eigenvalue weighted by Gasteiger charge is -2.36. The van der Waals surface area contributed by atoms with Crippen molar-refractivity contribution >= 4 is 52.7 Å². The summed E-state index contributed by atoms with van der Waals surface area (Å²) in [6.45, 7) is 7.78. The van der Waals surface area contributed by atoms with Crippen LogP contribution >= 0.6 is 0 Å². The molecule has 2 aliphatic heterocycles. The highest BCUT2D eigenvalue weighted by Crippen LogP contribution is 2.56. The van der Waals surface area contributed by atoms with Crippen LogP contribution in [0.25, 0.3) is 6.08 Å². The Morgan fingerprint density at radius 2 is 1.44 bits per heavy atom. The van der Waals surface area contributed by atoms with Crippen LogP contribution in [-0.2, 0) is 26.5 Å². The van der Waals surface area contributed by atoms with E-state index in [0.29, 0.717) is 102 Å². The number of fused-ring (bicyclic) bond motifs is 7. The highest BCUT2D eigenvalue weighted by molar-refractivity contribution is 6.01. The second kappa shape index (κ2) is 20.3. The number of nitrogens with one attached hydrogen (secondary N) is 3. The summed E-state index contributed by atoms with van der Waals surface area (Å²) >= 11 is 0. The first-order valence-electron chi connectivity index (χ1n) is 24.9. The van der Waals surface area contributed by atoms with E-state index in [-0.39, 0.29) is 48.1 Å². The average Bonchev–Trinajstić information content (AvgIpc) is 3.99. The molecule has 0 saturated heterocycles. The Morgan fingerprint density at radius 3 is 2.11 bits per heavy atom. The number of nitrogens with two attached hydrogens (primary N) is 2. The van der Waals surface area contributed by atoms with Crippen LogP contribution in [0, 0.1) is 12.8 Å². The largest absolute Gasteiger partial charge is 0.456 e. The van der Waals surface area contributed by atoms with Gasteiger partial charge in [-0.05, 0) is 130 Å².